The van der Waals surface area contributed by atoms with Crippen LogP contribution >= 0.6 is 0 Å². The molecule has 4 aromatic rings. The monoisotopic (exact) mass is 351 g/mol. The molecule has 0 unspecified atom stereocenters. The maximum Gasteiger partial charge on any atom is 0.273 e. The Morgan fingerprint density at radius 3 is 2.92 bits per heavy atom. The molecule has 3 heterocycles. The number of aliphatic hydroxyl groups is 1. The minimum absolute atomic E-state index is 0.0653. The van der Waals surface area contributed by atoms with Gasteiger partial charge in [-0.15, -0.1) is 0 Å². The molecule has 1 aromatic carbocycles. The predicted octanol–water partition coefficient (Wildman–Crippen LogP) is 2.89. The lowest BCUT2D eigenvalue weighted by Crippen LogP contribution is -2.28. The minimum Gasteiger partial charge on any atom is -0.461 e. The number of hydrogen-bond donors (Lipinski definition) is 2. The summed E-state index contributed by atoms with van der Waals surface area (Å²) in [5, 5.41) is 17.9. The third-order valence-electron chi connectivity index (χ3n) is 4.25. The third kappa shape index (κ3) is 2.89. The van der Waals surface area contributed by atoms with Gasteiger partial charge in [0.25, 0.3) is 5.91 Å². The molecular weight excluding hydrogens is 334 g/mol. The molecule has 0 spiro atoms. The summed E-state index contributed by atoms with van der Waals surface area (Å²) in [6.07, 6.45) is 2.55. The zero-order valence-corrected chi connectivity index (χ0v) is 14.0. The molecule has 0 saturated heterocycles. The Hall–Kier alpha value is -3.32. The molecule has 7 heteroatoms. The summed E-state index contributed by atoms with van der Waals surface area (Å²) in [7, 11) is 1.92. The van der Waals surface area contributed by atoms with Crippen molar-refractivity contribution < 1.29 is 18.8 Å². The van der Waals surface area contributed by atoms with Crippen LogP contribution in [0.5, 0.6) is 0 Å². The lowest BCUT2D eigenvalue weighted by molar-refractivity contribution is 0.0908. The van der Waals surface area contributed by atoms with E-state index in [0.29, 0.717) is 11.5 Å². The number of carbonyl (C=O) groups is 1. The molecule has 1 atom stereocenters. The summed E-state index contributed by atoms with van der Waals surface area (Å²) in [6, 6.07) is 12.7. The molecule has 26 heavy (non-hydrogen) atoms. The largest absolute Gasteiger partial charge is 0.461 e. The molecule has 4 rings (SSSR count). The molecule has 0 aliphatic rings. The SMILES string of the molecule is Cn1cc([C@@H](O)CNC(=O)c2cc(-c3ccco3)on2)c2ccccc21. The van der Waals surface area contributed by atoms with Crippen LogP contribution in [0.1, 0.15) is 22.2 Å². The average Bonchev–Trinajstić information content (AvgIpc) is 3.39. The number of carbonyl (C=O) groups excluding carboxylic acids is 1. The molecular formula is C19H17N3O4. The van der Waals surface area contributed by atoms with Gasteiger partial charge in [-0.1, -0.05) is 23.4 Å². The topological polar surface area (TPSA) is 93.4 Å². The fraction of sp³-hybridized carbons (Fsp3) is 0.158. The van der Waals surface area contributed by atoms with Gasteiger partial charge in [0, 0.05) is 42.3 Å². The van der Waals surface area contributed by atoms with Crippen LogP contribution in [-0.4, -0.2) is 27.3 Å². The van der Waals surface area contributed by atoms with Crippen molar-refractivity contribution in [3.8, 4) is 11.5 Å². The van der Waals surface area contributed by atoms with E-state index in [-0.39, 0.29) is 12.2 Å². The van der Waals surface area contributed by atoms with Crippen molar-refractivity contribution in [3.63, 3.8) is 0 Å². The van der Waals surface area contributed by atoms with Gasteiger partial charge in [-0.05, 0) is 18.2 Å². The number of nitrogens with one attached hydrogen (secondary N) is 1. The van der Waals surface area contributed by atoms with Gasteiger partial charge < -0.3 is 23.9 Å². The van der Waals surface area contributed by atoms with Gasteiger partial charge in [0.2, 0.25) is 5.76 Å². The zero-order chi connectivity index (χ0) is 18.1. The highest BCUT2D eigenvalue weighted by atomic mass is 16.5. The Balaban J connectivity index is 1.45. The van der Waals surface area contributed by atoms with Gasteiger partial charge in [0.1, 0.15) is 0 Å². The normalized spacial score (nSPS) is 12.4. The molecule has 0 fully saturated rings. The molecule has 132 valence electrons. The minimum atomic E-state index is -0.832. The Kier molecular flexibility index (Phi) is 4.06. The molecule has 0 saturated carbocycles. The summed E-state index contributed by atoms with van der Waals surface area (Å²) in [5.74, 6) is 0.438. The van der Waals surface area contributed by atoms with Crippen molar-refractivity contribution in [3.05, 3.63) is 66.2 Å². The molecule has 7 nitrogen and oxygen atoms in total. The van der Waals surface area contributed by atoms with Gasteiger partial charge in [-0.25, -0.2) is 0 Å². The third-order valence-corrected chi connectivity index (χ3v) is 4.25. The second kappa shape index (κ2) is 6.53. The van der Waals surface area contributed by atoms with Gasteiger partial charge in [-0.2, -0.15) is 0 Å². The molecule has 0 aliphatic carbocycles. The van der Waals surface area contributed by atoms with Crippen LogP contribution in [0.4, 0.5) is 0 Å². The number of hydrogen-bond acceptors (Lipinski definition) is 5. The molecule has 0 bridgehead atoms. The number of para-hydroxylation sites is 1. The van der Waals surface area contributed by atoms with E-state index in [2.05, 4.69) is 10.5 Å². The van der Waals surface area contributed by atoms with Crippen molar-refractivity contribution in [1.29, 1.82) is 0 Å². The van der Waals surface area contributed by atoms with E-state index < -0.39 is 12.0 Å². The van der Waals surface area contributed by atoms with Crippen LogP contribution in [-0.2, 0) is 7.05 Å². The molecule has 0 aliphatic heterocycles. The van der Waals surface area contributed by atoms with E-state index >= 15 is 0 Å². The number of rotatable bonds is 5. The highest BCUT2D eigenvalue weighted by Gasteiger charge is 2.18. The van der Waals surface area contributed by atoms with Crippen LogP contribution in [0.3, 0.4) is 0 Å². The molecule has 3 aromatic heterocycles. The Bertz CT molecular complexity index is 1050. The van der Waals surface area contributed by atoms with E-state index in [0.717, 1.165) is 16.5 Å². The lowest BCUT2D eigenvalue weighted by Gasteiger charge is -2.10. The van der Waals surface area contributed by atoms with Crippen LogP contribution in [0, 0.1) is 0 Å². The van der Waals surface area contributed by atoms with Crippen molar-refractivity contribution in [2.24, 2.45) is 7.05 Å². The van der Waals surface area contributed by atoms with Crippen molar-refractivity contribution in [1.82, 2.24) is 15.0 Å². The first-order valence-electron chi connectivity index (χ1n) is 8.14. The highest BCUT2D eigenvalue weighted by Crippen LogP contribution is 2.25. The maximum absolute atomic E-state index is 12.3. The molecule has 0 radical (unpaired) electrons. The van der Waals surface area contributed by atoms with Crippen molar-refractivity contribution in [2.45, 2.75) is 6.10 Å². The van der Waals surface area contributed by atoms with Gasteiger partial charge in [0.05, 0.1) is 12.4 Å². The Labute approximate surface area is 148 Å². The Morgan fingerprint density at radius 1 is 1.27 bits per heavy atom. The highest BCUT2D eigenvalue weighted by molar-refractivity contribution is 5.93. The van der Waals surface area contributed by atoms with Crippen molar-refractivity contribution in [2.75, 3.05) is 6.54 Å². The van der Waals surface area contributed by atoms with E-state index in [4.69, 9.17) is 8.94 Å². The smallest absolute Gasteiger partial charge is 0.273 e. The fourth-order valence-corrected chi connectivity index (χ4v) is 2.95. The molecule has 1 amide bonds. The standard InChI is InChI=1S/C19H17N3O4/c1-22-11-13(12-5-2-3-6-15(12)22)16(23)10-20-19(24)14-9-18(26-21-14)17-7-4-8-25-17/h2-9,11,16,23H,10H2,1H3,(H,20,24)/t16-/m0/s1. The maximum atomic E-state index is 12.3. The second-order valence-corrected chi connectivity index (χ2v) is 5.99. The van der Waals surface area contributed by atoms with E-state index in [9.17, 15) is 9.90 Å². The van der Waals surface area contributed by atoms with Gasteiger partial charge in [0.15, 0.2) is 11.5 Å². The number of benzene rings is 1. The second-order valence-electron chi connectivity index (χ2n) is 5.99. The first kappa shape index (κ1) is 16.2. The Morgan fingerprint density at radius 2 is 2.12 bits per heavy atom. The number of aryl methyl sites for hydroxylation is 1. The summed E-state index contributed by atoms with van der Waals surface area (Å²) in [6.45, 7) is 0.0653. The number of amides is 1. The quantitative estimate of drug-likeness (QED) is 0.577. The van der Waals surface area contributed by atoms with E-state index in [1.165, 1.54) is 12.3 Å². The number of aliphatic hydroxyl groups excluding tert-OH is 1. The first-order chi connectivity index (χ1) is 12.6. The van der Waals surface area contributed by atoms with Crippen LogP contribution in [0.2, 0.25) is 0 Å². The number of aromatic nitrogens is 2. The van der Waals surface area contributed by atoms with Gasteiger partial charge in [-0.3, -0.25) is 4.79 Å². The van der Waals surface area contributed by atoms with Crippen LogP contribution in [0.25, 0.3) is 22.4 Å². The zero-order valence-electron chi connectivity index (χ0n) is 14.0. The summed E-state index contributed by atoms with van der Waals surface area (Å²) in [5.41, 5.74) is 1.91. The predicted molar refractivity (Wildman–Crippen MR) is 94.4 cm³/mol. The molecule has 2 N–H and O–H groups in total. The van der Waals surface area contributed by atoms with Crippen molar-refractivity contribution >= 4 is 16.8 Å². The van der Waals surface area contributed by atoms with E-state index in [1.807, 2.05) is 42.1 Å². The van der Waals surface area contributed by atoms with Gasteiger partial charge >= 0.3 is 0 Å². The summed E-state index contributed by atoms with van der Waals surface area (Å²) in [4.78, 5) is 12.3. The summed E-state index contributed by atoms with van der Waals surface area (Å²) < 4.78 is 12.3. The number of fused-ring (bicyclic) bond motifs is 1. The van der Waals surface area contributed by atoms with Crippen LogP contribution in [0.15, 0.2) is 63.9 Å². The first-order valence-corrected chi connectivity index (χ1v) is 8.14. The lowest BCUT2D eigenvalue weighted by atomic mass is 10.1. The van der Waals surface area contributed by atoms with Crippen LogP contribution < -0.4 is 5.32 Å². The average molecular weight is 351 g/mol. The van der Waals surface area contributed by atoms with E-state index in [1.54, 1.807) is 12.1 Å². The fourth-order valence-electron chi connectivity index (χ4n) is 2.95. The number of nitrogens with zero attached hydrogens (tertiary/aromatic N) is 2. The number of furan rings is 1. The summed E-state index contributed by atoms with van der Waals surface area (Å²) >= 11 is 0.